The van der Waals surface area contributed by atoms with E-state index in [9.17, 15) is 14.7 Å². The molecular weight excluding hydrogens is 206 g/mol. The molecule has 0 bridgehead atoms. The first-order chi connectivity index (χ1) is 7.58. The monoisotopic (exact) mass is 221 g/mol. The minimum Gasteiger partial charge on any atom is -0.479 e. The third-order valence-electron chi connectivity index (χ3n) is 3.41. The lowest BCUT2D eigenvalue weighted by Crippen LogP contribution is -2.46. The van der Waals surface area contributed by atoms with E-state index in [2.05, 4.69) is 0 Å². The normalized spacial score (nSPS) is 18.6. The molecule has 1 aromatic heterocycles. The summed E-state index contributed by atoms with van der Waals surface area (Å²) in [4.78, 5) is 23.3. The van der Waals surface area contributed by atoms with Crippen LogP contribution in [0.4, 0.5) is 0 Å². The van der Waals surface area contributed by atoms with Crippen molar-refractivity contribution in [2.24, 2.45) is 0 Å². The third-order valence-corrected chi connectivity index (χ3v) is 3.41. The molecule has 1 aliphatic carbocycles. The zero-order chi connectivity index (χ0) is 11.8. The third kappa shape index (κ3) is 1.45. The zero-order valence-corrected chi connectivity index (χ0v) is 9.27. The molecule has 1 aromatic rings. The Morgan fingerprint density at radius 3 is 2.50 bits per heavy atom. The van der Waals surface area contributed by atoms with Crippen LogP contribution in [0.5, 0.6) is 0 Å². The Bertz CT molecular complexity index is 469. The maximum Gasteiger partial charge on any atom is 0.330 e. The second-order valence-corrected chi connectivity index (χ2v) is 4.38. The number of hydrogen-bond donors (Lipinski definition) is 1. The number of carbonyl (C=O) groups is 1. The van der Waals surface area contributed by atoms with Crippen molar-refractivity contribution in [3.63, 3.8) is 0 Å². The van der Waals surface area contributed by atoms with Gasteiger partial charge in [-0.05, 0) is 25.8 Å². The molecule has 0 amide bonds. The summed E-state index contributed by atoms with van der Waals surface area (Å²) in [5, 5.41) is 9.41. The SMILES string of the molecule is Cc1cccc(=O)n1C1(C(=O)O)CCCC1. The summed E-state index contributed by atoms with van der Waals surface area (Å²) >= 11 is 0. The van der Waals surface area contributed by atoms with Gasteiger partial charge in [-0.25, -0.2) is 4.79 Å². The molecular formula is C12H15NO3. The van der Waals surface area contributed by atoms with Gasteiger partial charge in [-0.1, -0.05) is 18.9 Å². The maximum absolute atomic E-state index is 11.8. The van der Waals surface area contributed by atoms with Crippen molar-refractivity contribution in [2.45, 2.75) is 38.1 Å². The Morgan fingerprint density at radius 2 is 2.00 bits per heavy atom. The van der Waals surface area contributed by atoms with Crippen molar-refractivity contribution in [1.29, 1.82) is 0 Å². The highest BCUT2D eigenvalue weighted by Crippen LogP contribution is 2.36. The summed E-state index contributed by atoms with van der Waals surface area (Å²) < 4.78 is 1.45. The standard InChI is InChI=1S/C12H15NO3/c1-9-5-4-6-10(14)13(9)12(11(15)16)7-2-3-8-12/h4-6H,2-3,7-8H2,1H3,(H,15,16). The van der Waals surface area contributed by atoms with Crippen molar-refractivity contribution >= 4 is 5.97 Å². The topological polar surface area (TPSA) is 59.3 Å². The molecule has 1 fully saturated rings. The average molecular weight is 221 g/mol. The van der Waals surface area contributed by atoms with Gasteiger partial charge in [0.2, 0.25) is 0 Å². The number of nitrogens with zero attached hydrogens (tertiary/aromatic N) is 1. The van der Waals surface area contributed by atoms with E-state index < -0.39 is 11.5 Å². The Morgan fingerprint density at radius 1 is 1.38 bits per heavy atom. The summed E-state index contributed by atoms with van der Waals surface area (Å²) in [6.07, 6.45) is 2.83. The number of carboxylic acid groups (broad SMARTS) is 1. The first-order valence-corrected chi connectivity index (χ1v) is 5.50. The van der Waals surface area contributed by atoms with Crippen LogP contribution in [0.2, 0.25) is 0 Å². The molecule has 86 valence electrons. The van der Waals surface area contributed by atoms with Gasteiger partial charge in [-0.3, -0.25) is 9.36 Å². The van der Waals surface area contributed by atoms with Crippen LogP contribution in [0.25, 0.3) is 0 Å². The van der Waals surface area contributed by atoms with Crippen molar-refractivity contribution < 1.29 is 9.90 Å². The Kier molecular flexibility index (Phi) is 2.58. The zero-order valence-electron chi connectivity index (χ0n) is 9.27. The molecule has 0 unspecified atom stereocenters. The summed E-state index contributed by atoms with van der Waals surface area (Å²) in [7, 11) is 0. The molecule has 0 aromatic carbocycles. The van der Waals surface area contributed by atoms with Crippen molar-refractivity contribution in [3.05, 3.63) is 34.2 Å². The Hall–Kier alpha value is -1.58. The van der Waals surface area contributed by atoms with Crippen LogP contribution < -0.4 is 5.56 Å². The van der Waals surface area contributed by atoms with Crippen LogP contribution in [0.15, 0.2) is 23.0 Å². The fraction of sp³-hybridized carbons (Fsp3) is 0.500. The number of aliphatic carboxylic acids is 1. The molecule has 0 radical (unpaired) electrons. The van der Waals surface area contributed by atoms with Crippen LogP contribution in [-0.2, 0) is 10.3 Å². The van der Waals surface area contributed by atoms with Crippen molar-refractivity contribution in [3.8, 4) is 0 Å². The van der Waals surface area contributed by atoms with Gasteiger partial charge in [0, 0.05) is 11.8 Å². The lowest BCUT2D eigenvalue weighted by Gasteiger charge is -2.28. The van der Waals surface area contributed by atoms with Gasteiger partial charge in [-0.15, -0.1) is 0 Å². The molecule has 4 nitrogen and oxygen atoms in total. The van der Waals surface area contributed by atoms with Gasteiger partial charge < -0.3 is 5.11 Å². The van der Waals surface area contributed by atoms with Crippen LogP contribution in [0.3, 0.4) is 0 Å². The first-order valence-electron chi connectivity index (χ1n) is 5.50. The molecule has 1 heterocycles. The lowest BCUT2D eigenvalue weighted by atomic mass is 9.96. The van der Waals surface area contributed by atoms with E-state index in [1.54, 1.807) is 19.1 Å². The summed E-state index contributed by atoms with van der Waals surface area (Å²) in [5.41, 5.74) is -0.510. The highest BCUT2D eigenvalue weighted by Gasteiger charge is 2.44. The quantitative estimate of drug-likeness (QED) is 0.823. The highest BCUT2D eigenvalue weighted by molar-refractivity contribution is 5.77. The van der Waals surface area contributed by atoms with Gasteiger partial charge in [0.05, 0.1) is 0 Å². The van der Waals surface area contributed by atoms with Gasteiger partial charge in [-0.2, -0.15) is 0 Å². The molecule has 0 aliphatic heterocycles. The van der Waals surface area contributed by atoms with Gasteiger partial charge in [0.1, 0.15) is 5.54 Å². The van der Waals surface area contributed by atoms with E-state index in [0.717, 1.165) is 18.5 Å². The smallest absolute Gasteiger partial charge is 0.330 e. The van der Waals surface area contributed by atoms with Crippen molar-refractivity contribution in [2.75, 3.05) is 0 Å². The predicted molar refractivity (Wildman–Crippen MR) is 59.5 cm³/mol. The van der Waals surface area contributed by atoms with E-state index in [0.29, 0.717) is 12.8 Å². The minimum absolute atomic E-state index is 0.218. The molecule has 16 heavy (non-hydrogen) atoms. The summed E-state index contributed by atoms with van der Waals surface area (Å²) in [5.74, 6) is -0.888. The number of rotatable bonds is 2. The average Bonchev–Trinajstić information content (AvgIpc) is 2.67. The second kappa shape index (κ2) is 3.77. The fourth-order valence-corrected chi connectivity index (χ4v) is 2.63. The van der Waals surface area contributed by atoms with Crippen LogP contribution >= 0.6 is 0 Å². The molecule has 0 spiro atoms. The number of aryl methyl sites for hydroxylation is 1. The second-order valence-electron chi connectivity index (χ2n) is 4.38. The van der Waals surface area contributed by atoms with Gasteiger partial charge in [0.15, 0.2) is 0 Å². The largest absolute Gasteiger partial charge is 0.479 e. The predicted octanol–water partition coefficient (Wildman–Crippen LogP) is 1.51. The molecule has 1 aliphatic rings. The van der Waals surface area contributed by atoms with Gasteiger partial charge in [0.25, 0.3) is 5.56 Å². The molecule has 4 heteroatoms. The fourth-order valence-electron chi connectivity index (χ4n) is 2.63. The molecule has 1 saturated carbocycles. The molecule has 2 rings (SSSR count). The lowest BCUT2D eigenvalue weighted by molar-refractivity contribution is -0.147. The van der Waals surface area contributed by atoms with E-state index in [1.807, 2.05) is 0 Å². The van der Waals surface area contributed by atoms with E-state index in [-0.39, 0.29) is 5.56 Å². The molecule has 0 atom stereocenters. The number of pyridine rings is 1. The number of carboxylic acids is 1. The van der Waals surface area contributed by atoms with Gasteiger partial charge >= 0.3 is 5.97 Å². The first kappa shape index (κ1) is 10.9. The van der Waals surface area contributed by atoms with E-state index in [1.165, 1.54) is 10.6 Å². The van der Waals surface area contributed by atoms with E-state index >= 15 is 0 Å². The van der Waals surface area contributed by atoms with Crippen LogP contribution in [-0.4, -0.2) is 15.6 Å². The van der Waals surface area contributed by atoms with Crippen LogP contribution in [0, 0.1) is 6.92 Å². The van der Waals surface area contributed by atoms with Crippen LogP contribution in [0.1, 0.15) is 31.4 Å². The molecule has 1 N–H and O–H groups in total. The van der Waals surface area contributed by atoms with Crippen molar-refractivity contribution in [1.82, 2.24) is 4.57 Å². The van der Waals surface area contributed by atoms with E-state index in [4.69, 9.17) is 0 Å². The Balaban J connectivity index is 2.65. The summed E-state index contributed by atoms with van der Waals surface area (Å²) in [6, 6.07) is 4.87. The molecule has 0 saturated heterocycles. The Labute approximate surface area is 93.5 Å². The minimum atomic E-state index is -1.01. The summed E-state index contributed by atoms with van der Waals surface area (Å²) in [6.45, 7) is 1.78. The number of hydrogen-bond acceptors (Lipinski definition) is 2. The number of aromatic nitrogens is 1. The maximum atomic E-state index is 11.8. The highest BCUT2D eigenvalue weighted by atomic mass is 16.4.